The first kappa shape index (κ1) is 18.2. The number of fused-ring (bicyclic) bond motifs is 2. The monoisotopic (exact) mass is 399 g/mol. The van der Waals surface area contributed by atoms with Crippen molar-refractivity contribution >= 4 is 21.9 Å². The van der Waals surface area contributed by atoms with Crippen LogP contribution in [-0.4, -0.2) is 32.6 Å². The second kappa shape index (κ2) is 7.53. The number of aromatic nitrogens is 4. The molecule has 1 atom stereocenters. The molecule has 150 valence electrons. The van der Waals surface area contributed by atoms with Gasteiger partial charge in [-0.25, -0.2) is 4.79 Å². The smallest absolute Gasteiger partial charge is 0.323 e. The normalized spacial score (nSPS) is 12.4. The van der Waals surface area contributed by atoms with Gasteiger partial charge in [-0.15, -0.1) is 0 Å². The van der Waals surface area contributed by atoms with Crippen LogP contribution >= 0.6 is 0 Å². The molecule has 30 heavy (non-hydrogen) atoms. The fraction of sp³-hybridized carbons (Fsp3) is 0.130. The van der Waals surface area contributed by atoms with Crippen LogP contribution in [-0.2, 0) is 6.42 Å². The van der Waals surface area contributed by atoms with Crippen LogP contribution in [0.3, 0.4) is 0 Å². The summed E-state index contributed by atoms with van der Waals surface area (Å²) < 4.78 is 5.92. The lowest BCUT2D eigenvalue weighted by atomic mass is 10.1. The summed E-state index contributed by atoms with van der Waals surface area (Å²) in [4.78, 5) is 24.6. The van der Waals surface area contributed by atoms with E-state index in [1.165, 1.54) is 10.9 Å². The molecular formula is C23H21N5O2. The molecule has 0 aliphatic carbocycles. The number of para-hydroxylation sites is 1. The Labute approximate surface area is 171 Å². The Bertz CT molecular complexity index is 1380. The van der Waals surface area contributed by atoms with Gasteiger partial charge in [0.2, 0.25) is 0 Å². The number of H-pyrrole nitrogens is 3. The number of benzene rings is 2. The minimum absolute atomic E-state index is 0.144. The van der Waals surface area contributed by atoms with E-state index in [1.54, 1.807) is 12.4 Å². The lowest BCUT2D eigenvalue weighted by molar-refractivity contribution is 0.287. The number of pyridine rings is 1. The van der Waals surface area contributed by atoms with Crippen LogP contribution in [0.5, 0.6) is 5.75 Å². The second-order valence-corrected chi connectivity index (χ2v) is 7.38. The molecule has 7 nitrogen and oxygen atoms in total. The number of rotatable bonds is 6. The lowest BCUT2D eigenvalue weighted by Gasteiger charge is -2.13. The summed E-state index contributed by atoms with van der Waals surface area (Å²) in [5.41, 5.74) is 11.8. The SMILES string of the molecule is N[C@H](COc1cncc(-c2ccc3[nH]c(=O)[nH]c3c2)c1)Cc1c[nH]c2ccccc12. The molecule has 0 unspecified atom stereocenters. The first-order valence-electron chi connectivity index (χ1n) is 9.76. The number of ether oxygens (including phenoxy) is 1. The van der Waals surface area contributed by atoms with Crippen molar-refractivity contribution in [1.82, 2.24) is 19.9 Å². The largest absolute Gasteiger partial charge is 0.490 e. The number of nitrogens with one attached hydrogen (secondary N) is 3. The van der Waals surface area contributed by atoms with Crippen molar-refractivity contribution in [2.24, 2.45) is 5.73 Å². The molecule has 3 heterocycles. The van der Waals surface area contributed by atoms with Crippen LogP contribution < -0.4 is 16.2 Å². The first-order chi connectivity index (χ1) is 14.7. The summed E-state index contributed by atoms with van der Waals surface area (Å²) in [7, 11) is 0. The van der Waals surface area contributed by atoms with Crippen molar-refractivity contribution in [1.29, 1.82) is 0 Å². The minimum atomic E-state index is -0.221. The molecule has 0 amide bonds. The summed E-state index contributed by atoms with van der Waals surface area (Å²) in [6.07, 6.45) is 6.17. The van der Waals surface area contributed by atoms with Gasteiger partial charge in [0, 0.05) is 34.9 Å². The van der Waals surface area contributed by atoms with E-state index in [9.17, 15) is 4.79 Å². The van der Waals surface area contributed by atoms with Crippen molar-refractivity contribution in [3.05, 3.63) is 83.2 Å². The van der Waals surface area contributed by atoms with Gasteiger partial charge in [0.15, 0.2) is 0 Å². The average Bonchev–Trinajstić information content (AvgIpc) is 3.34. The van der Waals surface area contributed by atoms with E-state index in [0.717, 1.165) is 27.7 Å². The molecule has 5 rings (SSSR count). The maximum atomic E-state index is 11.5. The molecule has 0 aliphatic rings. The summed E-state index contributed by atoms with van der Waals surface area (Å²) in [6, 6.07) is 15.7. The maximum absolute atomic E-state index is 11.5. The van der Waals surface area contributed by atoms with Crippen molar-refractivity contribution in [2.45, 2.75) is 12.5 Å². The molecule has 0 saturated carbocycles. The van der Waals surface area contributed by atoms with E-state index in [0.29, 0.717) is 18.8 Å². The van der Waals surface area contributed by atoms with Gasteiger partial charge in [0.1, 0.15) is 12.4 Å². The zero-order valence-electron chi connectivity index (χ0n) is 16.2. The van der Waals surface area contributed by atoms with Gasteiger partial charge >= 0.3 is 5.69 Å². The molecule has 5 N–H and O–H groups in total. The van der Waals surface area contributed by atoms with Crippen molar-refractivity contribution in [3.8, 4) is 16.9 Å². The molecule has 0 aliphatic heterocycles. The van der Waals surface area contributed by atoms with Gasteiger partial charge in [0.25, 0.3) is 0 Å². The highest BCUT2D eigenvalue weighted by atomic mass is 16.5. The van der Waals surface area contributed by atoms with Gasteiger partial charge in [0.05, 0.1) is 17.2 Å². The van der Waals surface area contributed by atoms with Crippen LogP contribution in [0.25, 0.3) is 33.1 Å². The Balaban J connectivity index is 1.28. The number of hydrogen-bond donors (Lipinski definition) is 4. The number of hydrogen-bond acceptors (Lipinski definition) is 4. The van der Waals surface area contributed by atoms with Crippen LogP contribution in [0, 0.1) is 0 Å². The van der Waals surface area contributed by atoms with Crippen LogP contribution in [0.15, 0.2) is 71.9 Å². The third kappa shape index (κ3) is 3.58. The standard InChI is InChI=1S/C23H21N5O2/c24-17(7-16-11-26-20-4-2-1-3-19(16)20)13-30-18-8-15(10-25-12-18)14-5-6-21-22(9-14)28-23(29)27-21/h1-6,8-12,17,26H,7,13,24H2,(H2,27,28,29)/t17-/m0/s1. The minimum Gasteiger partial charge on any atom is -0.490 e. The quantitative estimate of drug-likeness (QED) is 0.351. The van der Waals surface area contributed by atoms with E-state index < -0.39 is 0 Å². The Hall–Kier alpha value is -3.84. The molecular weight excluding hydrogens is 378 g/mol. The summed E-state index contributed by atoms with van der Waals surface area (Å²) in [5.74, 6) is 0.657. The van der Waals surface area contributed by atoms with Crippen LogP contribution in [0.2, 0.25) is 0 Å². The average molecular weight is 399 g/mol. The lowest BCUT2D eigenvalue weighted by Crippen LogP contribution is -2.30. The predicted molar refractivity (Wildman–Crippen MR) is 118 cm³/mol. The first-order valence-corrected chi connectivity index (χ1v) is 9.76. The molecule has 3 aromatic heterocycles. The highest BCUT2D eigenvalue weighted by Gasteiger charge is 2.10. The third-order valence-corrected chi connectivity index (χ3v) is 5.18. The van der Waals surface area contributed by atoms with Crippen molar-refractivity contribution in [2.75, 3.05) is 6.61 Å². The van der Waals surface area contributed by atoms with Crippen molar-refractivity contribution < 1.29 is 4.74 Å². The molecule has 7 heteroatoms. The van der Waals surface area contributed by atoms with Crippen LogP contribution in [0.1, 0.15) is 5.56 Å². The predicted octanol–water partition coefficient (Wildman–Crippen LogP) is 3.35. The molecule has 0 radical (unpaired) electrons. The maximum Gasteiger partial charge on any atom is 0.323 e. The summed E-state index contributed by atoms with van der Waals surface area (Å²) >= 11 is 0. The van der Waals surface area contributed by atoms with Gasteiger partial charge in [-0.1, -0.05) is 24.3 Å². The molecule has 5 aromatic rings. The van der Waals surface area contributed by atoms with E-state index >= 15 is 0 Å². The van der Waals surface area contributed by atoms with E-state index in [1.807, 2.05) is 42.6 Å². The zero-order valence-corrected chi connectivity index (χ0v) is 16.2. The van der Waals surface area contributed by atoms with E-state index in [4.69, 9.17) is 10.5 Å². The molecule has 0 saturated heterocycles. The second-order valence-electron chi connectivity index (χ2n) is 7.38. The number of aromatic amines is 3. The molecule has 2 aromatic carbocycles. The van der Waals surface area contributed by atoms with Gasteiger partial charge < -0.3 is 25.4 Å². The Morgan fingerprint density at radius 3 is 2.77 bits per heavy atom. The number of nitrogens with two attached hydrogens (primary N) is 1. The fourth-order valence-corrected chi connectivity index (χ4v) is 3.71. The van der Waals surface area contributed by atoms with Crippen LogP contribution in [0.4, 0.5) is 0 Å². The zero-order chi connectivity index (χ0) is 20.5. The third-order valence-electron chi connectivity index (χ3n) is 5.18. The fourth-order valence-electron chi connectivity index (χ4n) is 3.71. The number of nitrogens with zero attached hydrogens (tertiary/aromatic N) is 1. The highest BCUT2D eigenvalue weighted by Crippen LogP contribution is 2.25. The molecule has 0 fully saturated rings. The van der Waals surface area contributed by atoms with E-state index in [-0.39, 0.29) is 11.7 Å². The summed E-state index contributed by atoms with van der Waals surface area (Å²) in [6.45, 7) is 0.384. The van der Waals surface area contributed by atoms with Gasteiger partial charge in [-0.05, 0) is 41.8 Å². The van der Waals surface area contributed by atoms with Gasteiger partial charge in [-0.2, -0.15) is 0 Å². The Morgan fingerprint density at radius 2 is 1.83 bits per heavy atom. The Morgan fingerprint density at radius 1 is 0.967 bits per heavy atom. The van der Waals surface area contributed by atoms with Crippen molar-refractivity contribution in [3.63, 3.8) is 0 Å². The number of imidazole rings is 1. The molecule has 0 bridgehead atoms. The topological polar surface area (TPSA) is 113 Å². The van der Waals surface area contributed by atoms with Gasteiger partial charge in [-0.3, -0.25) is 4.98 Å². The Kier molecular flexibility index (Phi) is 4.57. The summed E-state index contributed by atoms with van der Waals surface area (Å²) in [5, 5.41) is 1.19. The highest BCUT2D eigenvalue weighted by molar-refractivity contribution is 5.83. The van der Waals surface area contributed by atoms with E-state index in [2.05, 4.69) is 32.1 Å². The molecule has 0 spiro atoms.